The predicted octanol–water partition coefficient (Wildman–Crippen LogP) is 4.16. The van der Waals surface area contributed by atoms with E-state index in [1.807, 2.05) is 35.4 Å². The first kappa shape index (κ1) is 20.6. The third kappa shape index (κ3) is 4.34. The Morgan fingerprint density at radius 1 is 0.750 bits per heavy atom. The first-order chi connectivity index (χ1) is 15.8. The summed E-state index contributed by atoms with van der Waals surface area (Å²) in [5, 5.41) is 0. The Bertz CT molecular complexity index is 1070. The molecule has 0 unspecified atom stereocenters. The lowest BCUT2D eigenvalue weighted by atomic mass is 10.2. The van der Waals surface area contributed by atoms with Gasteiger partial charge in [-0.25, -0.2) is 0 Å². The highest BCUT2D eigenvalue weighted by molar-refractivity contribution is 5.98. The summed E-state index contributed by atoms with van der Waals surface area (Å²) in [5.41, 5.74) is 4.15. The molecule has 5 nitrogen and oxygen atoms in total. The van der Waals surface area contributed by atoms with Gasteiger partial charge >= 0.3 is 0 Å². The molecule has 0 bridgehead atoms. The fraction of sp³-hybridized carbons (Fsp3) is 0.296. The molecule has 0 saturated carbocycles. The molecular formula is C27H30N4O. The monoisotopic (exact) mass is 426 g/mol. The number of benzene rings is 2. The number of para-hydroxylation sites is 2. The Kier molecular flexibility index (Phi) is 6.08. The summed E-state index contributed by atoms with van der Waals surface area (Å²) in [7, 11) is 0. The van der Waals surface area contributed by atoms with Crippen molar-refractivity contribution >= 4 is 17.7 Å². The molecule has 1 saturated heterocycles. The molecule has 0 aliphatic carbocycles. The Balaban J connectivity index is 1.15. The molecule has 0 N–H and O–H groups in total. The molecule has 32 heavy (non-hydrogen) atoms. The molecule has 0 atom stereocenters. The van der Waals surface area contributed by atoms with Crippen LogP contribution in [0.3, 0.4) is 0 Å². The van der Waals surface area contributed by atoms with Crippen LogP contribution in [0.2, 0.25) is 0 Å². The fourth-order valence-electron chi connectivity index (χ4n) is 4.70. The van der Waals surface area contributed by atoms with E-state index in [1.165, 1.54) is 5.69 Å². The number of amides is 1. The van der Waals surface area contributed by atoms with Gasteiger partial charge < -0.3 is 14.4 Å². The second kappa shape index (κ2) is 9.45. The normalized spacial score (nSPS) is 16.8. The third-order valence-corrected chi connectivity index (χ3v) is 6.48. The van der Waals surface area contributed by atoms with Gasteiger partial charge in [-0.2, -0.15) is 0 Å². The van der Waals surface area contributed by atoms with E-state index in [1.54, 1.807) is 0 Å². The van der Waals surface area contributed by atoms with Crippen molar-refractivity contribution in [3.05, 3.63) is 90.3 Å². The molecule has 5 rings (SSSR count). The summed E-state index contributed by atoms with van der Waals surface area (Å²) in [4.78, 5) is 20.2. The third-order valence-electron chi connectivity index (χ3n) is 6.48. The minimum absolute atomic E-state index is 0.133. The molecule has 0 spiro atoms. The van der Waals surface area contributed by atoms with Crippen LogP contribution in [0, 0.1) is 0 Å². The Hall–Kier alpha value is -3.31. The highest BCUT2D eigenvalue weighted by Gasteiger charge is 2.23. The molecule has 3 aromatic rings. The molecule has 2 aliphatic heterocycles. The molecule has 2 aliphatic rings. The molecule has 2 aromatic carbocycles. The van der Waals surface area contributed by atoms with Crippen molar-refractivity contribution < 1.29 is 4.79 Å². The predicted molar refractivity (Wildman–Crippen MR) is 130 cm³/mol. The van der Waals surface area contributed by atoms with Gasteiger partial charge in [0.05, 0.1) is 11.3 Å². The van der Waals surface area contributed by atoms with Crippen LogP contribution in [0.25, 0.3) is 11.8 Å². The van der Waals surface area contributed by atoms with Crippen LogP contribution >= 0.6 is 0 Å². The van der Waals surface area contributed by atoms with Crippen LogP contribution in [0.4, 0.5) is 5.69 Å². The second-order valence-electron chi connectivity index (χ2n) is 8.49. The van der Waals surface area contributed by atoms with E-state index < -0.39 is 0 Å². The minimum Gasteiger partial charge on any atom is -0.369 e. The van der Waals surface area contributed by atoms with E-state index in [9.17, 15) is 4.79 Å². The van der Waals surface area contributed by atoms with Crippen molar-refractivity contribution in [2.75, 3.05) is 50.7 Å². The number of rotatable bonds is 6. The van der Waals surface area contributed by atoms with Crippen molar-refractivity contribution in [2.24, 2.45) is 0 Å². The van der Waals surface area contributed by atoms with E-state index in [4.69, 9.17) is 0 Å². The first-order valence-electron chi connectivity index (χ1n) is 11.5. The zero-order chi connectivity index (χ0) is 21.8. The fourth-order valence-corrected chi connectivity index (χ4v) is 4.70. The topological polar surface area (TPSA) is 31.7 Å². The Morgan fingerprint density at radius 2 is 1.44 bits per heavy atom. The standard InChI is InChI=1S/C27H30N4O/c32-27-25-14-18-31(24-11-5-2-6-12-24)26(25)13-7-16-30(27)17-8-15-28-19-21-29(22-20-28)23-9-3-1-4-10-23/h1-7,9-14,18H,8,15-17,19-22H2. The number of hydrogen-bond acceptors (Lipinski definition) is 3. The summed E-state index contributed by atoms with van der Waals surface area (Å²) in [6, 6.07) is 22.8. The Labute approximate surface area is 190 Å². The van der Waals surface area contributed by atoms with Crippen LogP contribution in [0.1, 0.15) is 22.5 Å². The number of fused-ring (bicyclic) bond motifs is 1. The van der Waals surface area contributed by atoms with Crippen LogP contribution in [-0.2, 0) is 0 Å². The average Bonchev–Trinajstić information content (AvgIpc) is 3.21. The van der Waals surface area contributed by atoms with Gasteiger partial charge in [-0.1, -0.05) is 42.5 Å². The zero-order valence-electron chi connectivity index (χ0n) is 18.4. The number of nitrogens with zero attached hydrogens (tertiary/aromatic N) is 4. The van der Waals surface area contributed by atoms with Gasteiger partial charge in [-0.3, -0.25) is 9.69 Å². The smallest absolute Gasteiger partial charge is 0.256 e. The molecule has 0 radical (unpaired) electrons. The van der Waals surface area contributed by atoms with Crippen LogP contribution in [0.15, 0.2) is 79.0 Å². The summed E-state index contributed by atoms with van der Waals surface area (Å²) in [5.74, 6) is 0.133. The molecule has 1 aromatic heterocycles. The molecule has 1 fully saturated rings. The molecule has 5 heteroatoms. The maximum absolute atomic E-state index is 13.2. The summed E-state index contributed by atoms with van der Waals surface area (Å²) < 4.78 is 2.10. The number of piperazine rings is 1. The number of aromatic nitrogens is 1. The van der Waals surface area contributed by atoms with Crippen molar-refractivity contribution in [1.82, 2.24) is 14.4 Å². The van der Waals surface area contributed by atoms with Crippen LogP contribution < -0.4 is 4.90 Å². The number of anilines is 1. The van der Waals surface area contributed by atoms with E-state index in [2.05, 4.69) is 69.0 Å². The number of carbonyl (C=O) groups is 1. The van der Waals surface area contributed by atoms with Gasteiger partial charge in [0.25, 0.3) is 5.91 Å². The average molecular weight is 427 g/mol. The summed E-state index contributed by atoms with van der Waals surface area (Å²) >= 11 is 0. The molecule has 3 heterocycles. The van der Waals surface area contributed by atoms with Gasteiger partial charge in [-0.15, -0.1) is 0 Å². The van der Waals surface area contributed by atoms with Crippen molar-refractivity contribution in [1.29, 1.82) is 0 Å². The maximum Gasteiger partial charge on any atom is 0.256 e. The molecule has 1 amide bonds. The van der Waals surface area contributed by atoms with Gasteiger partial charge in [0.15, 0.2) is 0 Å². The first-order valence-corrected chi connectivity index (χ1v) is 11.5. The molecule has 164 valence electrons. The van der Waals surface area contributed by atoms with E-state index in [0.717, 1.165) is 62.6 Å². The highest BCUT2D eigenvalue weighted by Crippen LogP contribution is 2.23. The van der Waals surface area contributed by atoms with E-state index in [0.29, 0.717) is 6.54 Å². The largest absolute Gasteiger partial charge is 0.369 e. The van der Waals surface area contributed by atoms with Gasteiger partial charge in [0.2, 0.25) is 0 Å². The highest BCUT2D eigenvalue weighted by atomic mass is 16.2. The van der Waals surface area contributed by atoms with Gasteiger partial charge in [-0.05, 0) is 49.4 Å². The lowest BCUT2D eigenvalue weighted by Gasteiger charge is -2.36. The lowest BCUT2D eigenvalue weighted by Crippen LogP contribution is -2.47. The van der Waals surface area contributed by atoms with E-state index >= 15 is 0 Å². The second-order valence-corrected chi connectivity index (χ2v) is 8.49. The van der Waals surface area contributed by atoms with E-state index in [-0.39, 0.29) is 5.91 Å². The van der Waals surface area contributed by atoms with Gasteiger partial charge in [0, 0.05) is 56.8 Å². The van der Waals surface area contributed by atoms with Crippen molar-refractivity contribution in [2.45, 2.75) is 6.42 Å². The quantitative estimate of drug-likeness (QED) is 0.593. The SMILES string of the molecule is O=C1c2ccn(-c3ccccc3)c2C=CCN1CCCN1CCN(c2ccccc2)CC1. The van der Waals surface area contributed by atoms with Gasteiger partial charge in [0.1, 0.15) is 0 Å². The summed E-state index contributed by atoms with van der Waals surface area (Å²) in [6.45, 7) is 6.77. The number of hydrogen-bond donors (Lipinski definition) is 0. The molecular weight excluding hydrogens is 396 g/mol. The minimum atomic E-state index is 0.133. The van der Waals surface area contributed by atoms with Crippen molar-refractivity contribution in [3.63, 3.8) is 0 Å². The van der Waals surface area contributed by atoms with Crippen LogP contribution in [-0.4, -0.2) is 66.1 Å². The zero-order valence-corrected chi connectivity index (χ0v) is 18.4. The van der Waals surface area contributed by atoms with Crippen LogP contribution in [0.5, 0.6) is 0 Å². The van der Waals surface area contributed by atoms with Crippen molar-refractivity contribution in [3.8, 4) is 5.69 Å². The lowest BCUT2D eigenvalue weighted by molar-refractivity contribution is 0.0768. The maximum atomic E-state index is 13.2. The summed E-state index contributed by atoms with van der Waals surface area (Å²) in [6.07, 6.45) is 7.20. The number of carbonyl (C=O) groups excluding carboxylic acids is 1. The Morgan fingerprint density at radius 3 is 2.16 bits per heavy atom.